The van der Waals surface area contributed by atoms with E-state index < -0.39 is 0 Å². The Morgan fingerprint density at radius 3 is 3.00 bits per heavy atom. The van der Waals surface area contributed by atoms with Crippen LogP contribution >= 0.6 is 15.9 Å². The number of hydrogen-bond donors (Lipinski definition) is 0. The predicted molar refractivity (Wildman–Crippen MR) is 40.0 cm³/mol. The Kier molecular flexibility index (Phi) is 2.16. The fourth-order valence-corrected chi connectivity index (χ4v) is 0.941. The van der Waals surface area contributed by atoms with Crippen molar-refractivity contribution in [3.05, 3.63) is 11.6 Å². The average molecular weight is 188 g/mol. The third-order valence-electron chi connectivity index (χ3n) is 1.07. The average Bonchev–Trinajstić information content (AvgIpc) is 1.90. The molecule has 0 aromatic rings. The normalized spacial score (nSPS) is 17.9. The van der Waals surface area contributed by atoms with E-state index in [2.05, 4.69) is 20.9 Å². The number of alkyl halides is 1. The van der Waals surface area contributed by atoms with Crippen LogP contribution in [0.1, 0.15) is 6.42 Å². The minimum atomic E-state index is -0.0558. The van der Waals surface area contributed by atoms with Crippen LogP contribution in [-0.4, -0.2) is 17.5 Å². The molecule has 0 saturated carbocycles. The van der Waals surface area contributed by atoms with Crippen LogP contribution in [0.4, 0.5) is 0 Å². The summed E-state index contributed by atoms with van der Waals surface area (Å²) >= 11 is 3.26. The molecule has 0 aliphatic carbocycles. The van der Waals surface area contributed by atoms with Crippen LogP contribution < -0.4 is 0 Å². The molecule has 0 radical (unpaired) electrons. The zero-order chi connectivity index (χ0) is 6.69. The highest BCUT2D eigenvalue weighted by Gasteiger charge is 2.01. The lowest BCUT2D eigenvalue weighted by Gasteiger charge is -1.98. The number of nitrogens with zero attached hydrogens (tertiary/aromatic N) is 1. The van der Waals surface area contributed by atoms with Crippen molar-refractivity contribution in [2.24, 2.45) is 4.99 Å². The summed E-state index contributed by atoms with van der Waals surface area (Å²) in [6.45, 7) is 0. The van der Waals surface area contributed by atoms with Crippen LogP contribution in [0.5, 0.6) is 0 Å². The van der Waals surface area contributed by atoms with Gasteiger partial charge in [-0.2, -0.15) is 0 Å². The smallest absolute Gasteiger partial charge is 0.249 e. The molecular weight excluding hydrogens is 182 g/mol. The van der Waals surface area contributed by atoms with E-state index >= 15 is 0 Å². The molecule has 1 aliphatic heterocycles. The second kappa shape index (κ2) is 2.92. The molecule has 9 heavy (non-hydrogen) atoms. The minimum Gasteiger partial charge on any atom is -0.272 e. The molecule has 1 aliphatic rings. The summed E-state index contributed by atoms with van der Waals surface area (Å²) in [6.07, 6.45) is 3.93. The Morgan fingerprint density at radius 2 is 2.56 bits per heavy atom. The quantitative estimate of drug-likeness (QED) is 0.570. The summed E-state index contributed by atoms with van der Waals surface area (Å²) in [6, 6.07) is 0. The van der Waals surface area contributed by atoms with Crippen molar-refractivity contribution >= 4 is 28.1 Å². The highest BCUT2D eigenvalue weighted by molar-refractivity contribution is 9.09. The van der Waals surface area contributed by atoms with Crippen molar-refractivity contribution in [1.29, 1.82) is 0 Å². The van der Waals surface area contributed by atoms with Crippen LogP contribution in [0.3, 0.4) is 0 Å². The number of carbonyl (C=O) groups excluding carboxylic acids is 1. The van der Waals surface area contributed by atoms with E-state index in [-0.39, 0.29) is 5.91 Å². The van der Waals surface area contributed by atoms with E-state index in [1.165, 1.54) is 0 Å². The maximum absolute atomic E-state index is 10.5. The van der Waals surface area contributed by atoms with E-state index in [4.69, 9.17) is 0 Å². The molecule has 0 N–H and O–H groups in total. The SMILES string of the molecule is O=C1CC=C(CBr)C=N1. The van der Waals surface area contributed by atoms with Crippen LogP contribution in [0.25, 0.3) is 0 Å². The molecular formula is C6H6BrNO. The number of hydrogen-bond acceptors (Lipinski definition) is 1. The van der Waals surface area contributed by atoms with Gasteiger partial charge in [-0.25, -0.2) is 4.99 Å². The van der Waals surface area contributed by atoms with Gasteiger partial charge in [-0.05, 0) is 5.57 Å². The van der Waals surface area contributed by atoms with E-state index in [0.717, 1.165) is 10.9 Å². The molecule has 0 atom stereocenters. The van der Waals surface area contributed by atoms with Gasteiger partial charge in [-0.1, -0.05) is 22.0 Å². The third-order valence-corrected chi connectivity index (χ3v) is 1.72. The molecule has 0 aromatic carbocycles. The van der Waals surface area contributed by atoms with Gasteiger partial charge in [-0.15, -0.1) is 0 Å². The first-order chi connectivity index (χ1) is 4.33. The number of carbonyl (C=O) groups is 1. The van der Waals surface area contributed by atoms with Gasteiger partial charge in [-0.3, -0.25) is 4.79 Å². The summed E-state index contributed by atoms with van der Waals surface area (Å²) in [5, 5.41) is 0.782. The van der Waals surface area contributed by atoms with Gasteiger partial charge in [0.2, 0.25) is 5.91 Å². The highest BCUT2D eigenvalue weighted by atomic mass is 79.9. The van der Waals surface area contributed by atoms with Gasteiger partial charge < -0.3 is 0 Å². The lowest BCUT2D eigenvalue weighted by Crippen LogP contribution is -2.00. The topological polar surface area (TPSA) is 29.4 Å². The van der Waals surface area contributed by atoms with Gasteiger partial charge in [0.1, 0.15) is 0 Å². The van der Waals surface area contributed by atoms with Gasteiger partial charge in [0.25, 0.3) is 0 Å². The molecule has 0 spiro atoms. The zero-order valence-corrected chi connectivity index (χ0v) is 6.39. The number of allylic oxidation sites excluding steroid dienone is 1. The standard InChI is InChI=1S/C6H6BrNO/c7-3-5-1-2-6(9)8-4-5/h1,4H,2-3H2. The molecule has 0 aromatic heterocycles. The van der Waals surface area contributed by atoms with Crippen LogP contribution in [0.2, 0.25) is 0 Å². The minimum absolute atomic E-state index is 0.0558. The van der Waals surface area contributed by atoms with E-state index in [9.17, 15) is 4.79 Å². The third kappa shape index (κ3) is 1.75. The van der Waals surface area contributed by atoms with E-state index in [1.54, 1.807) is 6.21 Å². The van der Waals surface area contributed by atoms with Crippen molar-refractivity contribution in [3.63, 3.8) is 0 Å². The van der Waals surface area contributed by atoms with Crippen LogP contribution in [-0.2, 0) is 4.79 Å². The van der Waals surface area contributed by atoms with Crippen molar-refractivity contribution in [2.75, 3.05) is 5.33 Å². The van der Waals surface area contributed by atoms with E-state index in [0.29, 0.717) is 6.42 Å². The first-order valence-electron chi connectivity index (χ1n) is 2.65. The predicted octanol–water partition coefficient (Wildman–Crippen LogP) is 1.31. The first-order valence-corrected chi connectivity index (χ1v) is 3.77. The maximum atomic E-state index is 10.5. The molecule has 0 fully saturated rings. The lowest BCUT2D eigenvalue weighted by atomic mass is 10.2. The van der Waals surface area contributed by atoms with Gasteiger partial charge in [0.15, 0.2) is 0 Å². The van der Waals surface area contributed by atoms with Crippen molar-refractivity contribution in [3.8, 4) is 0 Å². The number of aliphatic imine (C=N–C) groups is 1. The molecule has 3 heteroatoms. The van der Waals surface area contributed by atoms with Crippen LogP contribution in [0, 0.1) is 0 Å². The van der Waals surface area contributed by atoms with Gasteiger partial charge in [0.05, 0.1) is 0 Å². The molecule has 0 unspecified atom stereocenters. The Balaban J connectivity index is 2.63. The Hall–Kier alpha value is -0.440. The van der Waals surface area contributed by atoms with E-state index in [1.807, 2.05) is 6.08 Å². The van der Waals surface area contributed by atoms with Crippen molar-refractivity contribution < 1.29 is 4.79 Å². The maximum Gasteiger partial charge on any atom is 0.249 e. The molecule has 2 nitrogen and oxygen atoms in total. The second-order valence-corrected chi connectivity index (χ2v) is 2.33. The zero-order valence-electron chi connectivity index (χ0n) is 4.80. The molecule has 1 heterocycles. The molecule has 1 rings (SSSR count). The lowest BCUT2D eigenvalue weighted by molar-refractivity contribution is -0.117. The fourth-order valence-electron chi connectivity index (χ4n) is 0.568. The van der Waals surface area contributed by atoms with Crippen LogP contribution in [0.15, 0.2) is 16.6 Å². The Labute approximate surface area is 61.8 Å². The number of rotatable bonds is 1. The number of dihydropyridines is 1. The molecule has 0 bridgehead atoms. The molecule has 0 saturated heterocycles. The number of amides is 1. The van der Waals surface area contributed by atoms with Crippen molar-refractivity contribution in [2.45, 2.75) is 6.42 Å². The summed E-state index contributed by atoms with van der Waals surface area (Å²) in [5.41, 5.74) is 1.08. The fraction of sp³-hybridized carbons (Fsp3) is 0.333. The van der Waals surface area contributed by atoms with Crippen molar-refractivity contribution in [1.82, 2.24) is 0 Å². The van der Waals surface area contributed by atoms with Gasteiger partial charge >= 0.3 is 0 Å². The largest absolute Gasteiger partial charge is 0.272 e. The molecule has 1 amide bonds. The Morgan fingerprint density at radius 1 is 1.78 bits per heavy atom. The summed E-state index contributed by atoms with van der Waals surface area (Å²) in [4.78, 5) is 14.1. The second-order valence-electron chi connectivity index (χ2n) is 1.77. The highest BCUT2D eigenvalue weighted by Crippen LogP contribution is 2.04. The Bertz CT molecular complexity index is 183. The number of halogens is 1. The summed E-state index contributed by atoms with van der Waals surface area (Å²) < 4.78 is 0. The first kappa shape index (κ1) is 6.68. The summed E-state index contributed by atoms with van der Waals surface area (Å²) in [5.74, 6) is -0.0558. The monoisotopic (exact) mass is 187 g/mol. The molecule has 48 valence electrons. The van der Waals surface area contributed by atoms with Gasteiger partial charge in [0, 0.05) is 18.0 Å². The summed E-state index contributed by atoms with van der Waals surface area (Å²) in [7, 11) is 0.